The lowest BCUT2D eigenvalue weighted by Gasteiger charge is -2.42. The third kappa shape index (κ3) is 1.58. The third-order valence-corrected chi connectivity index (χ3v) is 3.68. The Kier molecular flexibility index (Phi) is 2.58. The zero-order chi connectivity index (χ0) is 8.48. The predicted octanol–water partition coefficient (Wildman–Crippen LogP) is 2.58. The summed E-state index contributed by atoms with van der Waals surface area (Å²) in [5.74, 6) is 0.691. The zero-order valence-electron chi connectivity index (χ0n) is 7.93. The summed E-state index contributed by atoms with van der Waals surface area (Å²) in [4.78, 5) is 0. The molecule has 0 saturated heterocycles. The highest BCUT2D eigenvalue weighted by molar-refractivity contribution is 4.87. The van der Waals surface area contributed by atoms with Crippen LogP contribution in [0.1, 0.15) is 46.5 Å². The zero-order valence-corrected chi connectivity index (χ0v) is 7.93. The molecular weight excluding hydrogens is 136 g/mol. The van der Waals surface area contributed by atoms with Gasteiger partial charge in [-0.25, -0.2) is 0 Å². The molecule has 0 aromatic carbocycles. The van der Waals surface area contributed by atoms with Crippen LogP contribution < -0.4 is 0 Å². The second kappa shape index (κ2) is 3.14. The van der Waals surface area contributed by atoms with Gasteiger partial charge in [0.05, 0.1) is 6.10 Å². The molecule has 3 unspecified atom stereocenters. The molecule has 66 valence electrons. The summed E-state index contributed by atoms with van der Waals surface area (Å²) in [5, 5.41) is 9.61. The summed E-state index contributed by atoms with van der Waals surface area (Å²) >= 11 is 0. The average Bonchev–Trinajstić information content (AvgIpc) is 1.95. The van der Waals surface area contributed by atoms with E-state index in [9.17, 15) is 5.11 Å². The Balaban J connectivity index is 2.64. The summed E-state index contributed by atoms with van der Waals surface area (Å²) in [6.45, 7) is 6.43. The van der Waals surface area contributed by atoms with Gasteiger partial charge in [0.1, 0.15) is 0 Å². The lowest BCUT2D eigenvalue weighted by molar-refractivity contribution is -0.0156. The second-order valence-corrected chi connectivity index (χ2v) is 4.33. The number of aliphatic hydroxyl groups is 1. The molecule has 0 bridgehead atoms. The average molecular weight is 156 g/mol. The van der Waals surface area contributed by atoms with Crippen molar-refractivity contribution in [3.63, 3.8) is 0 Å². The van der Waals surface area contributed by atoms with E-state index in [2.05, 4.69) is 13.8 Å². The van der Waals surface area contributed by atoms with Crippen LogP contribution in [0.15, 0.2) is 0 Å². The van der Waals surface area contributed by atoms with Gasteiger partial charge in [0.2, 0.25) is 0 Å². The second-order valence-electron chi connectivity index (χ2n) is 4.33. The van der Waals surface area contributed by atoms with Gasteiger partial charge in [-0.3, -0.25) is 0 Å². The van der Waals surface area contributed by atoms with Crippen molar-refractivity contribution in [1.29, 1.82) is 0 Å². The van der Waals surface area contributed by atoms with Crippen LogP contribution in [-0.4, -0.2) is 11.2 Å². The van der Waals surface area contributed by atoms with Crippen LogP contribution in [0.4, 0.5) is 0 Å². The third-order valence-electron chi connectivity index (χ3n) is 3.68. The largest absolute Gasteiger partial charge is 0.393 e. The molecule has 0 radical (unpaired) electrons. The van der Waals surface area contributed by atoms with Crippen molar-refractivity contribution < 1.29 is 5.11 Å². The Labute approximate surface area is 69.8 Å². The van der Waals surface area contributed by atoms with Crippen LogP contribution in [0.25, 0.3) is 0 Å². The Bertz CT molecular complexity index is 131. The first-order valence-electron chi connectivity index (χ1n) is 4.75. The highest BCUT2D eigenvalue weighted by Crippen LogP contribution is 2.43. The van der Waals surface area contributed by atoms with E-state index in [1.807, 2.05) is 6.92 Å². The molecule has 1 rings (SSSR count). The van der Waals surface area contributed by atoms with E-state index < -0.39 is 0 Å². The minimum Gasteiger partial charge on any atom is -0.393 e. The van der Waals surface area contributed by atoms with Gasteiger partial charge in [0, 0.05) is 0 Å². The van der Waals surface area contributed by atoms with Gasteiger partial charge in [-0.05, 0) is 24.7 Å². The van der Waals surface area contributed by atoms with Crippen molar-refractivity contribution in [1.82, 2.24) is 0 Å². The maximum Gasteiger partial charge on any atom is 0.0568 e. The number of rotatable bonds is 1. The van der Waals surface area contributed by atoms with Crippen LogP contribution >= 0.6 is 0 Å². The van der Waals surface area contributed by atoms with Crippen LogP contribution in [0.3, 0.4) is 0 Å². The first-order chi connectivity index (χ1) is 5.07. The monoisotopic (exact) mass is 156 g/mol. The molecular formula is C10H20O. The fourth-order valence-electron chi connectivity index (χ4n) is 2.15. The number of hydrogen-bond acceptors (Lipinski definition) is 1. The Hall–Kier alpha value is -0.0400. The van der Waals surface area contributed by atoms with Gasteiger partial charge in [-0.1, -0.05) is 33.1 Å². The topological polar surface area (TPSA) is 20.2 Å². The molecule has 0 aromatic rings. The number of hydrogen-bond donors (Lipinski definition) is 1. The molecule has 1 saturated carbocycles. The van der Waals surface area contributed by atoms with Crippen molar-refractivity contribution in [2.75, 3.05) is 0 Å². The van der Waals surface area contributed by atoms with E-state index in [-0.39, 0.29) is 11.5 Å². The summed E-state index contributed by atoms with van der Waals surface area (Å²) in [6, 6.07) is 0. The van der Waals surface area contributed by atoms with Gasteiger partial charge in [-0.2, -0.15) is 0 Å². The Morgan fingerprint density at radius 1 is 1.45 bits per heavy atom. The molecule has 1 aliphatic carbocycles. The van der Waals surface area contributed by atoms with Crippen molar-refractivity contribution in [3.8, 4) is 0 Å². The molecule has 1 aliphatic rings. The quantitative estimate of drug-likeness (QED) is 0.618. The highest BCUT2D eigenvalue weighted by atomic mass is 16.3. The van der Waals surface area contributed by atoms with Crippen molar-refractivity contribution in [2.45, 2.75) is 52.6 Å². The minimum atomic E-state index is -0.141. The normalized spacial score (nSPS) is 42.0. The SMILES string of the molecule is CC(O)C1(C)CCCCC1C. The first kappa shape index (κ1) is 9.05. The van der Waals surface area contributed by atoms with Gasteiger partial charge in [0.15, 0.2) is 0 Å². The molecule has 1 N–H and O–H groups in total. The smallest absolute Gasteiger partial charge is 0.0568 e. The Morgan fingerprint density at radius 3 is 2.45 bits per heavy atom. The highest BCUT2D eigenvalue weighted by Gasteiger charge is 2.37. The predicted molar refractivity (Wildman–Crippen MR) is 47.4 cm³/mol. The standard InChI is InChI=1S/C10H20O/c1-8-6-4-5-7-10(8,3)9(2)11/h8-9,11H,4-7H2,1-3H3. The van der Waals surface area contributed by atoms with Gasteiger partial charge in [-0.15, -0.1) is 0 Å². The molecule has 1 fully saturated rings. The minimum absolute atomic E-state index is 0.141. The van der Waals surface area contributed by atoms with E-state index in [1.54, 1.807) is 0 Å². The van der Waals surface area contributed by atoms with E-state index in [0.29, 0.717) is 5.92 Å². The lowest BCUT2D eigenvalue weighted by atomic mass is 9.65. The first-order valence-corrected chi connectivity index (χ1v) is 4.75. The van der Waals surface area contributed by atoms with Crippen LogP contribution in [-0.2, 0) is 0 Å². The summed E-state index contributed by atoms with van der Waals surface area (Å²) in [7, 11) is 0. The summed E-state index contributed by atoms with van der Waals surface area (Å²) in [6.07, 6.45) is 5.00. The molecule has 3 atom stereocenters. The molecule has 1 heteroatoms. The summed E-state index contributed by atoms with van der Waals surface area (Å²) in [5.41, 5.74) is 0.193. The van der Waals surface area contributed by atoms with Gasteiger partial charge in [0.25, 0.3) is 0 Å². The van der Waals surface area contributed by atoms with E-state index in [4.69, 9.17) is 0 Å². The lowest BCUT2D eigenvalue weighted by Crippen LogP contribution is -2.38. The fourth-order valence-corrected chi connectivity index (χ4v) is 2.15. The summed E-state index contributed by atoms with van der Waals surface area (Å²) < 4.78 is 0. The van der Waals surface area contributed by atoms with E-state index >= 15 is 0 Å². The Morgan fingerprint density at radius 2 is 2.09 bits per heavy atom. The van der Waals surface area contributed by atoms with Crippen LogP contribution in [0.5, 0.6) is 0 Å². The van der Waals surface area contributed by atoms with E-state index in [0.717, 1.165) is 0 Å². The van der Waals surface area contributed by atoms with Crippen molar-refractivity contribution in [2.24, 2.45) is 11.3 Å². The molecule has 0 spiro atoms. The fraction of sp³-hybridized carbons (Fsp3) is 1.00. The molecule has 0 heterocycles. The molecule has 11 heavy (non-hydrogen) atoms. The van der Waals surface area contributed by atoms with Crippen molar-refractivity contribution >= 4 is 0 Å². The van der Waals surface area contributed by atoms with E-state index in [1.165, 1.54) is 25.7 Å². The molecule has 0 aromatic heterocycles. The van der Waals surface area contributed by atoms with Gasteiger partial charge < -0.3 is 5.11 Å². The van der Waals surface area contributed by atoms with Crippen LogP contribution in [0.2, 0.25) is 0 Å². The maximum absolute atomic E-state index is 9.61. The molecule has 1 nitrogen and oxygen atoms in total. The maximum atomic E-state index is 9.61. The van der Waals surface area contributed by atoms with Crippen molar-refractivity contribution in [3.05, 3.63) is 0 Å². The van der Waals surface area contributed by atoms with Crippen LogP contribution in [0, 0.1) is 11.3 Å². The molecule has 0 aliphatic heterocycles. The molecule has 0 amide bonds. The number of aliphatic hydroxyl groups excluding tert-OH is 1. The van der Waals surface area contributed by atoms with Gasteiger partial charge >= 0.3 is 0 Å².